The molecule has 1 aromatic heterocycles. The summed E-state index contributed by atoms with van der Waals surface area (Å²) in [5.41, 5.74) is 3.39. The van der Waals surface area contributed by atoms with Crippen LogP contribution in [0.25, 0.3) is 0 Å². The lowest BCUT2D eigenvalue weighted by Crippen LogP contribution is -2.20. The van der Waals surface area contributed by atoms with Crippen molar-refractivity contribution in [2.45, 2.75) is 0 Å². The summed E-state index contributed by atoms with van der Waals surface area (Å²) in [5.74, 6) is -1.33. The summed E-state index contributed by atoms with van der Waals surface area (Å²) in [5, 5.41) is 16.6. The number of nitrogens with one attached hydrogen (secondary N) is 2. The summed E-state index contributed by atoms with van der Waals surface area (Å²) < 4.78 is 0. The van der Waals surface area contributed by atoms with Crippen LogP contribution in [0.1, 0.15) is 10.4 Å². The van der Waals surface area contributed by atoms with Crippen LogP contribution in [0.4, 0.5) is 11.4 Å². The Morgan fingerprint density at radius 3 is 2.60 bits per heavy atom. The Bertz CT molecular complexity index is 805. The number of hydrogen-bond donors (Lipinski definition) is 4. The molecule has 0 saturated heterocycles. The maximum atomic E-state index is 11.4. The molecule has 5 N–H and O–H groups in total. The quantitative estimate of drug-likeness (QED) is 0.594. The molecule has 0 spiro atoms. The zero-order valence-corrected chi connectivity index (χ0v) is 9.95. The standard InChI is InChI=1S/C11H9N5O4/c12-8(17)5-2-1-3-6(4-5)15-16-7-9(18)13-11(20)14-10(7)19/h1-4H,(H2,12,17)(H3,13,14,18,19,20). The van der Waals surface area contributed by atoms with Crippen molar-refractivity contribution < 1.29 is 9.90 Å². The molecule has 1 aromatic carbocycles. The Kier molecular flexibility index (Phi) is 3.42. The summed E-state index contributed by atoms with van der Waals surface area (Å²) in [6.07, 6.45) is 0. The van der Waals surface area contributed by atoms with Crippen LogP contribution in [-0.2, 0) is 0 Å². The van der Waals surface area contributed by atoms with Gasteiger partial charge < -0.3 is 10.8 Å². The second-order valence-electron chi connectivity index (χ2n) is 3.72. The highest BCUT2D eigenvalue weighted by atomic mass is 16.3. The van der Waals surface area contributed by atoms with Crippen LogP contribution in [0.5, 0.6) is 5.88 Å². The number of rotatable bonds is 3. The lowest BCUT2D eigenvalue weighted by atomic mass is 10.2. The number of H-pyrrole nitrogens is 2. The Morgan fingerprint density at radius 1 is 1.20 bits per heavy atom. The number of nitrogens with two attached hydrogens (primary N) is 1. The van der Waals surface area contributed by atoms with Gasteiger partial charge in [0.2, 0.25) is 17.5 Å². The number of azo groups is 1. The first-order chi connectivity index (χ1) is 9.47. The van der Waals surface area contributed by atoms with E-state index in [1.807, 2.05) is 9.97 Å². The molecule has 102 valence electrons. The first-order valence-corrected chi connectivity index (χ1v) is 5.34. The molecule has 9 nitrogen and oxygen atoms in total. The van der Waals surface area contributed by atoms with E-state index in [1.165, 1.54) is 24.3 Å². The van der Waals surface area contributed by atoms with E-state index < -0.39 is 28.7 Å². The molecule has 0 aliphatic heterocycles. The van der Waals surface area contributed by atoms with Gasteiger partial charge in [0.1, 0.15) is 0 Å². The molecule has 0 radical (unpaired) electrons. The molecule has 0 fully saturated rings. The molecule has 20 heavy (non-hydrogen) atoms. The lowest BCUT2D eigenvalue weighted by molar-refractivity contribution is 0.100. The monoisotopic (exact) mass is 275 g/mol. The summed E-state index contributed by atoms with van der Waals surface area (Å²) >= 11 is 0. The first kappa shape index (κ1) is 13.2. The van der Waals surface area contributed by atoms with Crippen molar-refractivity contribution in [1.82, 2.24) is 9.97 Å². The summed E-state index contributed by atoms with van der Waals surface area (Å²) in [7, 11) is 0. The Hall–Kier alpha value is -3.23. The molecular weight excluding hydrogens is 266 g/mol. The molecule has 0 atom stereocenters. The Labute approximate surface area is 110 Å². The Balaban J connectivity index is 2.40. The van der Waals surface area contributed by atoms with Crippen molar-refractivity contribution in [3.8, 4) is 5.88 Å². The van der Waals surface area contributed by atoms with Crippen LogP contribution < -0.4 is 17.0 Å². The number of nitrogens with zero attached hydrogens (tertiary/aromatic N) is 2. The third-order valence-corrected chi connectivity index (χ3v) is 2.29. The van der Waals surface area contributed by atoms with Crippen LogP contribution in [-0.4, -0.2) is 21.0 Å². The molecule has 0 saturated carbocycles. The molecule has 0 bridgehead atoms. The van der Waals surface area contributed by atoms with E-state index in [2.05, 4.69) is 10.2 Å². The van der Waals surface area contributed by atoms with E-state index in [0.717, 1.165) is 0 Å². The number of benzene rings is 1. The van der Waals surface area contributed by atoms with Gasteiger partial charge >= 0.3 is 5.69 Å². The number of carbonyl (C=O) groups is 1. The minimum absolute atomic E-state index is 0.223. The molecule has 2 rings (SSSR count). The van der Waals surface area contributed by atoms with Crippen molar-refractivity contribution >= 4 is 17.3 Å². The van der Waals surface area contributed by atoms with Crippen LogP contribution in [0, 0.1) is 0 Å². The van der Waals surface area contributed by atoms with Gasteiger partial charge in [-0.05, 0) is 18.2 Å². The minimum Gasteiger partial charge on any atom is -0.493 e. The molecule has 1 heterocycles. The SMILES string of the molecule is NC(=O)c1cccc(N=Nc2c(O)[nH]c(=O)[nH]c2=O)c1. The van der Waals surface area contributed by atoms with Gasteiger partial charge in [-0.2, -0.15) is 5.11 Å². The molecule has 2 aromatic rings. The highest BCUT2D eigenvalue weighted by Crippen LogP contribution is 2.20. The molecule has 1 amide bonds. The van der Waals surface area contributed by atoms with Crippen LogP contribution in [0.2, 0.25) is 0 Å². The van der Waals surface area contributed by atoms with E-state index in [-0.39, 0.29) is 11.3 Å². The van der Waals surface area contributed by atoms with Gasteiger partial charge in [-0.1, -0.05) is 6.07 Å². The number of aromatic nitrogens is 2. The minimum atomic E-state index is -0.888. The van der Waals surface area contributed by atoms with E-state index in [9.17, 15) is 19.5 Å². The normalized spacial score (nSPS) is 10.8. The number of aromatic hydroxyl groups is 1. The first-order valence-electron chi connectivity index (χ1n) is 5.34. The van der Waals surface area contributed by atoms with Gasteiger partial charge in [-0.3, -0.25) is 19.6 Å². The average Bonchev–Trinajstić information content (AvgIpc) is 2.37. The van der Waals surface area contributed by atoms with E-state index >= 15 is 0 Å². The smallest absolute Gasteiger partial charge is 0.328 e. The number of amides is 1. The molecule has 0 unspecified atom stereocenters. The predicted octanol–water partition coefficient (Wildman–Crippen LogP) is 0.283. The molecular formula is C11H9N5O4. The number of hydrogen-bond acceptors (Lipinski definition) is 6. The summed E-state index contributed by atoms with van der Waals surface area (Å²) in [6.45, 7) is 0. The van der Waals surface area contributed by atoms with Crippen molar-refractivity contribution in [3.63, 3.8) is 0 Å². The maximum Gasteiger partial charge on any atom is 0.328 e. The van der Waals surface area contributed by atoms with E-state index in [1.54, 1.807) is 0 Å². The van der Waals surface area contributed by atoms with Gasteiger partial charge in [0.05, 0.1) is 5.69 Å². The average molecular weight is 275 g/mol. The topological polar surface area (TPSA) is 154 Å². The molecule has 0 aliphatic rings. The second kappa shape index (κ2) is 5.18. The van der Waals surface area contributed by atoms with Crippen molar-refractivity contribution in [1.29, 1.82) is 0 Å². The molecule has 9 heteroatoms. The van der Waals surface area contributed by atoms with E-state index in [0.29, 0.717) is 0 Å². The van der Waals surface area contributed by atoms with Crippen LogP contribution >= 0.6 is 0 Å². The number of primary amides is 1. The third kappa shape index (κ3) is 2.77. The van der Waals surface area contributed by atoms with Gasteiger partial charge in [-0.15, -0.1) is 5.11 Å². The third-order valence-electron chi connectivity index (χ3n) is 2.29. The fourth-order valence-corrected chi connectivity index (χ4v) is 1.39. The fourth-order valence-electron chi connectivity index (χ4n) is 1.39. The zero-order chi connectivity index (χ0) is 14.7. The fraction of sp³-hybridized carbons (Fsp3) is 0. The Morgan fingerprint density at radius 2 is 1.95 bits per heavy atom. The predicted molar refractivity (Wildman–Crippen MR) is 68.5 cm³/mol. The maximum absolute atomic E-state index is 11.4. The van der Waals surface area contributed by atoms with E-state index in [4.69, 9.17) is 5.73 Å². The van der Waals surface area contributed by atoms with Gasteiger partial charge in [0.15, 0.2) is 0 Å². The van der Waals surface area contributed by atoms with Crippen molar-refractivity contribution in [2.24, 2.45) is 16.0 Å². The highest BCUT2D eigenvalue weighted by Gasteiger charge is 2.07. The second-order valence-corrected chi connectivity index (χ2v) is 3.72. The van der Waals surface area contributed by atoms with Crippen LogP contribution in [0.15, 0.2) is 44.1 Å². The zero-order valence-electron chi connectivity index (χ0n) is 9.95. The number of carbonyl (C=O) groups excluding carboxylic acids is 1. The van der Waals surface area contributed by atoms with Crippen molar-refractivity contribution in [2.75, 3.05) is 0 Å². The lowest BCUT2D eigenvalue weighted by Gasteiger charge is -1.97. The highest BCUT2D eigenvalue weighted by molar-refractivity contribution is 5.93. The van der Waals surface area contributed by atoms with Crippen molar-refractivity contribution in [3.05, 3.63) is 50.7 Å². The van der Waals surface area contributed by atoms with Crippen LogP contribution in [0.3, 0.4) is 0 Å². The molecule has 0 aliphatic carbocycles. The van der Waals surface area contributed by atoms with Gasteiger partial charge in [-0.25, -0.2) is 4.79 Å². The number of aromatic amines is 2. The van der Waals surface area contributed by atoms with Gasteiger partial charge in [0.25, 0.3) is 5.56 Å². The summed E-state index contributed by atoms with van der Waals surface area (Å²) in [6, 6.07) is 5.91. The van der Waals surface area contributed by atoms with Gasteiger partial charge in [0, 0.05) is 5.56 Å². The largest absolute Gasteiger partial charge is 0.493 e. The summed E-state index contributed by atoms with van der Waals surface area (Å²) in [4.78, 5) is 37.1.